The highest BCUT2D eigenvalue weighted by Gasteiger charge is 2.36. The van der Waals surface area contributed by atoms with E-state index in [9.17, 15) is 14.3 Å². The number of aliphatic carboxylic acids is 1. The Labute approximate surface area is 100 Å². The van der Waals surface area contributed by atoms with E-state index in [0.717, 1.165) is 0 Å². The van der Waals surface area contributed by atoms with Crippen LogP contribution in [0.3, 0.4) is 0 Å². The largest absolute Gasteiger partial charge is 0.481 e. The Balaban J connectivity index is 3.33. The SMILES string of the molecule is CCC(C)(C)C(C(=O)O)c1cc(F)ccc1N. The van der Waals surface area contributed by atoms with Gasteiger partial charge in [0, 0.05) is 5.69 Å². The molecule has 1 aromatic carbocycles. The summed E-state index contributed by atoms with van der Waals surface area (Å²) in [5.74, 6) is -2.25. The average Bonchev–Trinajstić information content (AvgIpc) is 2.22. The first-order valence-corrected chi connectivity index (χ1v) is 5.57. The molecule has 1 atom stereocenters. The molecule has 0 saturated heterocycles. The molecule has 0 radical (unpaired) electrons. The molecular formula is C13H18FNO2. The maximum absolute atomic E-state index is 13.2. The molecule has 0 aliphatic heterocycles. The summed E-state index contributed by atoms with van der Waals surface area (Å²) in [7, 11) is 0. The van der Waals surface area contributed by atoms with Crippen LogP contribution in [0.2, 0.25) is 0 Å². The third-order valence-electron chi connectivity index (χ3n) is 3.30. The second-order valence-electron chi connectivity index (χ2n) is 4.89. The van der Waals surface area contributed by atoms with E-state index >= 15 is 0 Å². The zero-order valence-corrected chi connectivity index (χ0v) is 10.3. The smallest absolute Gasteiger partial charge is 0.311 e. The number of nitrogens with two attached hydrogens (primary N) is 1. The van der Waals surface area contributed by atoms with Gasteiger partial charge in [0.2, 0.25) is 0 Å². The van der Waals surface area contributed by atoms with Crippen molar-refractivity contribution < 1.29 is 14.3 Å². The molecule has 4 heteroatoms. The van der Waals surface area contributed by atoms with Crippen LogP contribution in [0.15, 0.2) is 18.2 Å². The third kappa shape index (κ3) is 2.75. The molecule has 1 aromatic rings. The Kier molecular flexibility index (Phi) is 3.76. The quantitative estimate of drug-likeness (QED) is 0.794. The maximum Gasteiger partial charge on any atom is 0.311 e. The topological polar surface area (TPSA) is 63.3 Å². The minimum absolute atomic E-state index is 0.320. The van der Waals surface area contributed by atoms with Crippen LogP contribution < -0.4 is 5.73 Å². The van der Waals surface area contributed by atoms with Crippen LogP contribution in [0.4, 0.5) is 10.1 Å². The predicted molar refractivity (Wildman–Crippen MR) is 65.3 cm³/mol. The van der Waals surface area contributed by atoms with Gasteiger partial charge in [-0.3, -0.25) is 4.79 Å². The van der Waals surface area contributed by atoms with Gasteiger partial charge in [0.15, 0.2) is 0 Å². The molecular weight excluding hydrogens is 221 g/mol. The third-order valence-corrected chi connectivity index (χ3v) is 3.30. The van der Waals surface area contributed by atoms with Crippen molar-refractivity contribution in [2.75, 3.05) is 5.73 Å². The van der Waals surface area contributed by atoms with Crippen molar-refractivity contribution in [2.24, 2.45) is 5.41 Å². The minimum atomic E-state index is -0.978. The van der Waals surface area contributed by atoms with Crippen molar-refractivity contribution in [1.29, 1.82) is 0 Å². The first-order chi connectivity index (χ1) is 7.79. The van der Waals surface area contributed by atoms with Crippen LogP contribution in [0.1, 0.15) is 38.7 Å². The van der Waals surface area contributed by atoms with Crippen LogP contribution in [0.5, 0.6) is 0 Å². The number of hydrogen-bond donors (Lipinski definition) is 2. The van der Waals surface area contributed by atoms with Crippen molar-refractivity contribution in [3.05, 3.63) is 29.6 Å². The van der Waals surface area contributed by atoms with E-state index in [1.54, 1.807) is 0 Å². The van der Waals surface area contributed by atoms with Gasteiger partial charge in [-0.1, -0.05) is 20.8 Å². The summed E-state index contributed by atoms with van der Waals surface area (Å²) in [6, 6.07) is 3.86. The molecule has 0 bridgehead atoms. The average molecular weight is 239 g/mol. The van der Waals surface area contributed by atoms with E-state index in [-0.39, 0.29) is 0 Å². The van der Waals surface area contributed by atoms with Crippen molar-refractivity contribution in [3.8, 4) is 0 Å². The van der Waals surface area contributed by atoms with Gasteiger partial charge in [-0.2, -0.15) is 0 Å². The fourth-order valence-corrected chi connectivity index (χ4v) is 1.89. The molecule has 1 unspecified atom stereocenters. The first kappa shape index (κ1) is 13.5. The Morgan fingerprint density at radius 2 is 2.12 bits per heavy atom. The van der Waals surface area contributed by atoms with Crippen LogP contribution in [0.25, 0.3) is 0 Å². The van der Waals surface area contributed by atoms with Gasteiger partial charge in [-0.25, -0.2) is 4.39 Å². The second kappa shape index (κ2) is 4.73. The Morgan fingerprint density at radius 1 is 1.53 bits per heavy atom. The molecule has 17 heavy (non-hydrogen) atoms. The number of rotatable bonds is 4. The number of halogens is 1. The summed E-state index contributed by atoms with van der Waals surface area (Å²) in [6.45, 7) is 5.59. The van der Waals surface area contributed by atoms with E-state index in [1.807, 2.05) is 20.8 Å². The van der Waals surface area contributed by atoms with Crippen molar-refractivity contribution in [2.45, 2.75) is 33.1 Å². The molecule has 1 rings (SSSR count). The lowest BCUT2D eigenvalue weighted by atomic mass is 9.72. The first-order valence-electron chi connectivity index (χ1n) is 5.57. The number of hydrogen-bond acceptors (Lipinski definition) is 2. The molecule has 0 saturated carbocycles. The molecule has 3 nitrogen and oxygen atoms in total. The normalized spacial score (nSPS) is 13.4. The Hall–Kier alpha value is -1.58. The van der Waals surface area contributed by atoms with E-state index in [0.29, 0.717) is 17.7 Å². The number of carbonyl (C=O) groups is 1. The molecule has 0 amide bonds. The van der Waals surface area contributed by atoms with Gasteiger partial charge in [-0.05, 0) is 35.6 Å². The summed E-state index contributed by atoms with van der Waals surface area (Å²) < 4.78 is 13.2. The molecule has 0 heterocycles. The maximum atomic E-state index is 13.2. The zero-order chi connectivity index (χ0) is 13.2. The second-order valence-corrected chi connectivity index (χ2v) is 4.89. The van der Waals surface area contributed by atoms with Gasteiger partial charge in [0.1, 0.15) is 5.82 Å². The van der Waals surface area contributed by atoms with E-state index in [1.165, 1.54) is 18.2 Å². The number of benzene rings is 1. The van der Waals surface area contributed by atoms with Crippen LogP contribution >= 0.6 is 0 Å². The van der Waals surface area contributed by atoms with E-state index < -0.39 is 23.1 Å². The number of carboxylic acids is 1. The van der Waals surface area contributed by atoms with Crippen LogP contribution in [-0.4, -0.2) is 11.1 Å². The van der Waals surface area contributed by atoms with Crippen LogP contribution in [-0.2, 0) is 4.79 Å². The van der Waals surface area contributed by atoms with Gasteiger partial charge >= 0.3 is 5.97 Å². The summed E-state index contributed by atoms with van der Waals surface area (Å²) >= 11 is 0. The molecule has 0 aromatic heterocycles. The fourth-order valence-electron chi connectivity index (χ4n) is 1.89. The van der Waals surface area contributed by atoms with Crippen molar-refractivity contribution in [1.82, 2.24) is 0 Å². The molecule has 0 fully saturated rings. The number of carboxylic acid groups (broad SMARTS) is 1. The zero-order valence-electron chi connectivity index (χ0n) is 10.3. The van der Waals surface area contributed by atoms with E-state index in [2.05, 4.69) is 0 Å². The predicted octanol–water partition coefficient (Wildman–Crippen LogP) is 3.01. The van der Waals surface area contributed by atoms with Gasteiger partial charge in [-0.15, -0.1) is 0 Å². The Morgan fingerprint density at radius 3 is 2.59 bits per heavy atom. The van der Waals surface area contributed by atoms with E-state index in [4.69, 9.17) is 5.73 Å². The van der Waals surface area contributed by atoms with Crippen molar-refractivity contribution >= 4 is 11.7 Å². The van der Waals surface area contributed by atoms with Crippen molar-refractivity contribution in [3.63, 3.8) is 0 Å². The lowest BCUT2D eigenvalue weighted by molar-refractivity contribution is -0.141. The highest BCUT2D eigenvalue weighted by Crippen LogP contribution is 2.40. The summed E-state index contributed by atoms with van der Waals surface area (Å²) in [4.78, 5) is 11.4. The highest BCUT2D eigenvalue weighted by atomic mass is 19.1. The molecule has 3 N–H and O–H groups in total. The number of nitrogen functional groups attached to an aromatic ring is 1. The fraction of sp³-hybridized carbons (Fsp3) is 0.462. The summed E-state index contributed by atoms with van der Waals surface area (Å²) in [5, 5.41) is 9.33. The highest BCUT2D eigenvalue weighted by molar-refractivity contribution is 5.79. The van der Waals surface area contributed by atoms with Crippen LogP contribution in [0, 0.1) is 11.2 Å². The van der Waals surface area contributed by atoms with Gasteiger partial charge < -0.3 is 10.8 Å². The standard InChI is InChI=1S/C13H18FNO2/c1-4-13(2,3)11(12(16)17)9-7-8(14)5-6-10(9)15/h5-7,11H,4,15H2,1-3H3,(H,16,17). The van der Waals surface area contributed by atoms with Gasteiger partial charge in [0.05, 0.1) is 5.92 Å². The van der Waals surface area contributed by atoms with Gasteiger partial charge in [0.25, 0.3) is 0 Å². The summed E-state index contributed by atoms with van der Waals surface area (Å²) in [6.07, 6.45) is 0.667. The lowest BCUT2D eigenvalue weighted by Crippen LogP contribution is -2.29. The Bertz CT molecular complexity index is 429. The number of anilines is 1. The monoisotopic (exact) mass is 239 g/mol. The molecule has 0 aliphatic rings. The lowest BCUT2D eigenvalue weighted by Gasteiger charge is -2.31. The minimum Gasteiger partial charge on any atom is -0.481 e. The summed E-state index contributed by atoms with van der Waals surface area (Å²) in [5.41, 5.74) is 5.94. The molecule has 0 spiro atoms. The molecule has 94 valence electrons. The molecule has 0 aliphatic carbocycles.